The summed E-state index contributed by atoms with van der Waals surface area (Å²) >= 11 is 3.68. The van der Waals surface area contributed by atoms with Crippen LogP contribution in [0.5, 0.6) is 5.75 Å². The molecular formula is C16H26BrNO. The molecule has 0 amide bonds. The maximum Gasteiger partial charge on any atom is 0.120 e. The van der Waals surface area contributed by atoms with Crippen LogP contribution in [0.15, 0.2) is 22.7 Å². The second-order valence-corrected chi connectivity index (χ2v) is 5.85. The SMILES string of the molecule is CCCC(CCC)C(NC)c1ccc(OC)cc1Br. The molecule has 2 nitrogen and oxygen atoms in total. The van der Waals surface area contributed by atoms with E-state index in [9.17, 15) is 0 Å². The Kier molecular flexibility index (Phi) is 7.47. The van der Waals surface area contributed by atoms with E-state index in [1.165, 1.54) is 31.2 Å². The van der Waals surface area contributed by atoms with Crippen molar-refractivity contribution in [3.8, 4) is 5.75 Å². The number of hydrogen-bond donors (Lipinski definition) is 1. The van der Waals surface area contributed by atoms with Gasteiger partial charge in [-0.3, -0.25) is 0 Å². The van der Waals surface area contributed by atoms with Crippen LogP contribution in [0.3, 0.4) is 0 Å². The molecule has 0 aliphatic heterocycles. The van der Waals surface area contributed by atoms with Crippen LogP contribution in [0, 0.1) is 5.92 Å². The van der Waals surface area contributed by atoms with Gasteiger partial charge < -0.3 is 10.1 Å². The highest BCUT2D eigenvalue weighted by molar-refractivity contribution is 9.10. The third-order valence-electron chi connectivity index (χ3n) is 3.64. The van der Waals surface area contributed by atoms with Crippen LogP contribution in [0.25, 0.3) is 0 Å². The average Bonchev–Trinajstić information content (AvgIpc) is 2.41. The van der Waals surface area contributed by atoms with Gasteiger partial charge in [-0.25, -0.2) is 0 Å². The highest BCUT2D eigenvalue weighted by Gasteiger charge is 2.22. The van der Waals surface area contributed by atoms with Crippen molar-refractivity contribution in [2.24, 2.45) is 5.92 Å². The van der Waals surface area contributed by atoms with Crippen LogP contribution in [0.4, 0.5) is 0 Å². The molecule has 0 saturated carbocycles. The van der Waals surface area contributed by atoms with Crippen LogP contribution >= 0.6 is 15.9 Å². The van der Waals surface area contributed by atoms with Crippen molar-refractivity contribution >= 4 is 15.9 Å². The average molecular weight is 328 g/mol. The predicted octanol–water partition coefficient (Wildman–Crippen LogP) is 4.93. The second-order valence-electron chi connectivity index (χ2n) is 4.99. The van der Waals surface area contributed by atoms with E-state index in [0.29, 0.717) is 12.0 Å². The lowest BCUT2D eigenvalue weighted by atomic mass is 9.86. The van der Waals surface area contributed by atoms with E-state index >= 15 is 0 Å². The predicted molar refractivity (Wildman–Crippen MR) is 85.8 cm³/mol. The summed E-state index contributed by atoms with van der Waals surface area (Å²) in [5.41, 5.74) is 1.33. The van der Waals surface area contributed by atoms with Gasteiger partial charge in [0.15, 0.2) is 0 Å². The summed E-state index contributed by atoms with van der Waals surface area (Å²) in [6.07, 6.45) is 4.99. The number of hydrogen-bond acceptors (Lipinski definition) is 2. The standard InChI is InChI=1S/C16H26BrNO/c1-5-7-12(8-6-2)16(18-3)14-10-9-13(19-4)11-15(14)17/h9-12,16,18H,5-8H2,1-4H3. The van der Waals surface area contributed by atoms with Gasteiger partial charge in [0.05, 0.1) is 7.11 Å². The van der Waals surface area contributed by atoms with Gasteiger partial charge >= 0.3 is 0 Å². The largest absolute Gasteiger partial charge is 0.497 e. The lowest BCUT2D eigenvalue weighted by Gasteiger charge is -2.28. The maximum atomic E-state index is 5.27. The molecule has 0 heterocycles. The number of halogens is 1. The molecule has 108 valence electrons. The highest BCUT2D eigenvalue weighted by Crippen LogP contribution is 2.35. The second kappa shape index (κ2) is 8.60. The summed E-state index contributed by atoms with van der Waals surface area (Å²) in [5, 5.41) is 3.50. The molecule has 3 heteroatoms. The third kappa shape index (κ3) is 4.50. The van der Waals surface area contributed by atoms with Crippen molar-refractivity contribution in [3.63, 3.8) is 0 Å². The topological polar surface area (TPSA) is 21.3 Å². The first-order chi connectivity index (χ1) is 9.17. The number of nitrogens with one attached hydrogen (secondary N) is 1. The number of rotatable bonds is 8. The van der Waals surface area contributed by atoms with E-state index in [1.807, 2.05) is 6.07 Å². The Hall–Kier alpha value is -0.540. The molecule has 1 unspecified atom stereocenters. The Morgan fingerprint density at radius 1 is 1.21 bits per heavy atom. The summed E-state index contributed by atoms with van der Waals surface area (Å²) in [5.74, 6) is 1.58. The van der Waals surface area contributed by atoms with E-state index in [-0.39, 0.29) is 0 Å². The Bertz CT molecular complexity index is 375. The molecule has 0 spiro atoms. The smallest absolute Gasteiger partial charge is 0.120 e. The number of benzene rings is 1. The third-order valence-corrected chi connectivity index (χ3v) is 4.33. The normalized spacial score (nSPS) is 12.7. The zero-order valence-corrected chi connectivity index (χ0v) is 14.1. The Morgan fingerprint density at radius 3 is 2.26 bits per heavy atom. The molecule has 0 aliphatic rings. The van der Waals surface area contributed by atoms with Crippen molar-refractivity contribution in [3.05, 3.63) is 28.2 Å². The highest BCUT2D eigenvalue weighted by atomic mass is 79.9. The first-order valence-corrected chi connectivity index (χ1v) is 7.97. The Balaban J connectivity index is 2.99. The summed E-state index contributed by atoms with van der Waals surface area (Å²) in [6, 6.07) is 6.66. The molecular weight excluding hydrogens is 302 g/mol. The van der Waals surface area contributed by atoms with Crippen LogP contribution in [0.1, 0.15) is 51.1 Å². The molecule has 1 N–H and O–H groups in total. The summed E-state index contributed by atoms with van der Waals surface area (Å²) in [7, 11) is 3.76. The van der Waals surface area contributed by atoms with Crippen molar-refractivity contribution in [1.29, 1.82) is 0 Å². The Labute approximate surface area is 126 Å². The van der Waals surface area contributed by atoms with Gasteiger partial charge in [0.2, 0.25) is 0 Å². The summed E-state index contributed by atoms with van der Waals surface area (Å²) in [6.45, 7) is 4.52. The van der Waals surface area contributed by atoms with Gasteiger partial charge in [-0.1, -0.05) is 48.7 Å². The van der Waals surface area contributed by atoms with Crippen molar-refractivity contribution < 1.29 is 4.74 Å². The van der Waals surface area contributed by atoms with E-state index in [1.54, 1.807) is 7.11 Å². The van der Waals surface area contributed by atoms with Gasteiger partial charge in [-0.05, 0) is 43.5 Å². The molecule has 0 fully saturated rings. The molecule has 1 aromatic rings. The minimum absolute atomic E-state index is 0.403. The first-order valence-electron chi connectivity index (χ1n) is 7.18. The molecule has 19 heavy (non-hydrogen) atoms. The monoisotopic (exact) mass is 327 g/mol. The molecule has 1 atom stereocenters. The fourth-order valence-corrected chi connectivity index (χ4v) is 3.36. The quantitative estimate of drug-likeness (QED) is 0.730. The lowest BCUT2D eigenvalue weighted by Crippen LogP contribution is -2.25. The van der Waals surface area contributed by atoms with E-state index in [0.717, 1.165) is 10.2 Å². The van der Waals surface area contributed by atoms with Crippen LogP contribution in [-0.4, -0.2) is 14.2 Å². The molecule has 0 saturated heterocycles. The molecule has 0 radical (unpaired) electrons. The lowest BCUT2D eigenvalue weighted by molar-refractivity contribution is 0.329. The van der Waals surface area contributed by atoms with Gasteiger partial charge in [0, 0.05) is 10.5 Å². The van der Waals surface area contributed by atoms with Gasteiger partial charge in [0.1, 0.15) is 5.75 Å². The fraction of sp³-hybridized carbons (Fsp3) is 0.625. The molecule has 0 aliphatic carbocycles. The molecule has 0 aromatic heterocycles. The minimum atomic E-state index is 0.403. The molecule has 1 aromatic carbocycles. The van der Waals surface area contributed by atoms with Crippen LogP contribution in [0.2, 0.25) is 0 Å². The van der Waals surface area contributed by atoms with E-state index in [4.69, 9.17) is 4.74 Å². The van der Waals surface area contributed by atoms with Gasteiger partial charge in [-0.2, -0.15) is 0 Å². The molecule has 0 bridgehead atoms. The molecule has 1 rings (SSSR count). The van der Waals surface area contributed by atoms with Crippen molar-refractivity contribution in [1.82, 2.24) is 5.32 Å². The Morgan fingerprint density at radius 2 is 1.84 bits per heavy atom. The van der Waals surface area contributed by atoms with Crippen molar-refractivity contribution in [2.45, 2.75) is 45.6 Å². The summed E-state index contributed by atoms with van der Waals surface area (Å²) in [4.78, 5) is 0. The maximum absolute atomic E-state index is 5.27. The van der Waals surface area contributed by atoms with Crippen molar-refractivity contribution in [2.75, 3.05) is 14.2 Å². The number of methoxy groups -OCH3 is 1. The fourth-order valence-electron chi connectivity index (χ4n) is 2.75. The van der Waals surface area contributed by atoms with Crippen LogP contribution < -0.4 is 10.1 Å². The zero-order chi connectivity index (χ0) is 14.3. The van der Waals surface area contributed by atoms with Crippen LogP contribution in [-0.2, 0) is 0 Å². The van der Waals surface area contributed by atoms with E-state index < -0.39 is 0 Å². The first kappa shape index (κ1) is 16.5. The minimum Gasteiger partial charge on any atom is -0.497 e. The summed E-state index contributed by atoms with van der Waals surface area (Å²) < 4.78 is 6.40. The van der Waals surface area contributed by atoms with Gasteiger partial charge in [-0.15, -0.1) is 0 Å². The zero-order valence-electron chi connectivity index (χ0n) is 12.5. The van der Waals surface area contributed by atoms with E-state index in [2.05, 4.69) is 54.3 Å². The van der Waals surface area contributed by atoms with Gasteiger partial charge in [0.25, 0.3) is 0 Å². The number of ether oxygens (including phenoxy) is 1.